The third-order valence-electron chi connectivity index (χ3n) is 24.0. The third-order valence-corrected chi connectivity index (χ3v) is 39.5. The molecule has 0 saturated carbocycles. The van der Waals surface area contributed by atoms with Gasteiger partial charge in [-0.05, 0) is 115 Å². The quantitative estimate of drug-likeness (QED) is 0.135. The van der Waals surface area contributed by atoms with Gasteiger partial charge in [0.05, 0.1) is 37.6 Å². The summed E-state index contributed by atoms with van der Waals surface area (Å²) >= 11 is 0. The summed E-state index contributed by atoms with van der Waals surface area (Å²) < 4.78 is 42.7. The summed E-state index contributed by atoms with van der Waals surface area (Å²) in [7, 11) is -2.15. The second-order valence-corrected chi connectivity index (χ2v) is 52.5. The van der Waals surface area contributed by atoms with E-state index in [4.69, 9.17) is 17.4 Å². The van der Waals surface area contributed by atoms with Crippen LogP contribution in [0.4, 0.5) is 0 Å². The van der Waals surface area contributed by atoms with Gasteiger partial charge >= 0.3 is 0 Å². The van der Waals surface area contributed by atoms with Crippen molar-refractivity contribution in [3.63, 3.8) is 0 Å². The molecule has 5 aromatic heterocycles. The molecule has 0 bridgehead atoms. The molecule has 7 heteroatoms. The molecule has 0 fully saturated rings. The molecule has 0 amide bonds. The molecule has 0 spiro atoms. The summed E-state index contributed by atoms with van der Waals surface area (Å²) in [6.07, 6.45) is 1.60. The summed E-state index contributed by atoms with van der Waals surface area (Å²) in [5.41, 5.74) is 20.8. The van der Waals surface area contributed by atoms with Crippen LogP contribution in [0.3, 0.4) is 0 Å². The lowest BCUT2D eigenvalue weighted by atomic mass is 9.83. The van der Waals surface area contributed by atoms with E-state index in [2.05, 4.69) is 397 Å². The predicted octanol–water partition coefficient (Wildman–Crippen LogP) is 34.2. The molecule has 114 heavy (non-hydrogen) atoms. The van der Waals surface area contributed by atoms with Crippen molar-refractivity contribution >= 4 is 81.8 Å². The summed E-state index contributed by atoms with van der Waals surface area (Å²) in [5.74, 6) is 1.04. The number of pyridine rings is 1. The van der Waals surface area contributed by atoms with E-state index in [9.17, 15) is 0 Å². The van der Waals surface area contributed by atoms with E-state index in [0.29, 0.717) is 15.6 Å². The van der Waals surface area contributed by atoms with Crippen LogP contribution in [0.1, 0.15) is 246 Å². The first-order valence-corrected chi connectivity index (χ1v) is 47.0. The Morgan fingerprint density at radius 1 is 0.386 bits per heavy atom. The maximum Gasteiger partial charge on any atom is 0.143 e. The zero-order valence-electron chi connectivity index (χ0n) is 78.8. The molecular weight excluding hydrogens is 1420 g/mol. The van der Waals surface area contributed by atoms with Crippen LogP contribution in [-0.4, -0.2) is 25.7 Å². The Morgan fingerprint density at radius 2 is 0.807 bits per heavy atom. The first-order chi connectivity index (χ1) is 54.5. The van der Waals surface area contributed by atoms with Crippen LogP contribution >= 0.6 is 0 Å². The number of hydrogen-bond acceptors (Lipinski definition) is 4. The molecule has 0 aliphatic rings. The second-order valence-electron chi connectivity index (χ2n) is 39.5. The number of fused-ring (bicyclic) bond motifs is 9. The molecule has 0 aliphatic carbocycles. The van der Waals surface area contributed by atoms with Gasteiger partial charge in [-0.15, -0.1) is 0 Å². The van der Waals surface area contributed by atoms with Gasteiger partial charge in [-0.1, -0.05) is 424 Å². The second kappa shape index (κ2) is 37.0. The standard InChI is InChI=1S/C22H21N.2C22H20O.C13H30Si.C10H15N.C10H24Si.C8H12O/c1-22(2,3)18-12-6-9-15-21(18)23-19-13-7-4-10-16(19)17-11-5-8-14-20(17)23;1-22(2,3)17-12-8-14-19-21(17)20-16(11-7-13-18(20)23-19)15-9-5-4-6-10-15;1-22(2,3)19-14-8-13-18-17-12-7-11-16(20(17)23-21(18)19)15-9-5-4-6-10-15;1-10(2)14(11(3)4,12(5)6)13(7,8)9;1-8-6-5-7-11-9(8)10(2,3)4;1-7-11(8-2,9-3)10(4,5)6;1-8(2,3)7-5-4-6-9-7/h4-15H,1-3H3;2*4-14H,1-3H3;10-12H,1-9H3;5-7H,1-4H3;7-9H2,1-6H3;4-6H,1-3H3/i;;;;5D,6D,7D;;. The molecule has 0 atom stereocenters. The number of aromatic nitrogens is 2. The average molecular weight is 1560 g/mol. The van der Waals surface area contributed by atoms with Gasteiger partial charge < -0.3 is 17.8 Å². The maximum absolute atomic E-state index is 7.66. The number of furan rings is 3. The molecule has 9 aromatic carbocycles. The molecular formula is C107H142N2O3Si2. The molecule has 0 saturated heterocycles. The van der Waals surface area contributed by atoms with E-state index in [1.165, 1.54) is 101 Å². The fraction of sp³-hybridized carbons (Fsp3) is 0.411. The van der Waals surface area contributed by atoms with E-state index < -0.39 is 16.1 Å². The summed E-state index contributed by atoms with van der Waals surface area (Å²) in [6.45, 7) is 70.9. The Hall–Kier alpha value is -8.76. The van der Waals surface area contributed by atoms with Crippen LogP contribution in [0.2, 0.25) is 44.8 Å². The number of nitrogens with zero attached hydrogens (tertiary/aromatic N) is 2. The van der Waals surface area contributed by atoms with E-state index in [1.54, 1.807) is 13.2 Å². The van der Waals surface area contributed by atoms with E-state index in [0.717, 1.165) is 56.0 Å². The summed E-state index contributed by atoms with van der Waals surface area (Å²) in [4.78, 5) is 4.06. The van der Waals surface area contributed by atoms with E-state index >= 15 is 0 Å². The van der Waals surface area contributed by atoms with Gasteiger partial charge in [0.2, 0.25) is 0 Å². The maximum atomic E-state index is 7.66. The Kier molecular flexibility index (Phi) is 28.0. The van der Waals surface area contributed by atoms with Crippen molar-refractivity contribution < 1.29 is 17.4 Å². The summed E-state index contributed by atoms with van der Waals surface area (Å²) in [6, 6.07) is 81.0. The number of hydrogen-bond donors (Lipinski definition) is 0. The van der Waals surface area contributed by atoms with Crippen LogP contribution in [0, 0.1) is 6.92 Å². The molecule has 14 aromatic rings. The average Bonchev–Trinajstić information content (AvgIpc) is 1.59. The highest BCUT2D eigenvalue weighted by Crippen LogP contribution is 2.56. The Bertz CT molecular complexity index is 5470. The minimum atomic E-state index is -1.23. The lowest BCUT2D eigenvalue weighted by Crippen LogP contribution is -2.52. The van der Waals surface area contributed by atoms with Gasteiger partial charge in [0.25, 0.3) is 0 Å². The molecule has 0 N–H and O–H groups in total. The smallest absolute Gasteiger partial charge is 0.143 e. The number of rotatable bonds is 9. The minimum Gasteiger partial charge on any atom is -0.469 e. The molecule has 5 nitrogen and oxygen atoms in total. The highest BCUT2D eigenvalue weighted by Gasteiger charge is 2.51. The zero-order valence-corrected chi connectivity index (χ0v) is 77.8. The Morgan fingerprint density at radius 3 is 1.25 bits per heavy atom. The van der Waals surface area contributed by atoms with E-state index in [-0.39, 0.29) is 45.3 Å². The van der Waals surface area contributed by atoms with Crippen LogP contribution in [-0.2, 0) is 27.1 Å². The normalized spacial score (nSPS) is 12.9. The van der Waals surface area contributed by atoms with Crippen LogP contribution in [0.5, 0.6) is 0 Å². The number of benzene rings is 9. The Labute approximate surface area is 695 Å². The van der Waals surface area contributed by atoms with Crippen molar-refractivity contribution in [2.75, 3.05) is 0 Å². The number of para-hydroxylation sites is 5. The zero-order chi connectivity index (χ0) is 86.9. The van der Waals surface area contributed by atoms with Crippen molar-refractivity contribution in [1.29, 1.82) is 0 Å². The monoisotopic (exact) mass is 1560 g/mol. The van der Waals surface area contributed by atoms with Gasteiger partial charge in [0.1, 0.15) is 28.1 Å². The first kappa shape index (κ1) is 86.1. The third kappa shape index (κ3) is 20.5. The van der Waals surface area contributed by atoms with Crippen molar-refractivity contribution in [1.82, 2.24) is 9.55 Å². The molecule has 0 aliphatic heterocycles. The molecule has 5 heterocycles. The van der Waals surface area contributed by atoms with Crippen LogP contribution < -0.4 is 0 Å². The highest BCUT2D eigenvalue weighted by atomic mass is 28.3. The fourth-order valence-corrected chi connectivity index (χ4v) is 32.7. The van der Waals surface area contributed by atoms with Gasteiger partial charge in [-0.25, -0.2) is 0 Å². The van der Waals surface area contributed by atoms with E-state index in [1.807, 2.05) is 39.0 Å². The SMILES string of the molecule is CC(C)(C)c1cccc2c1oc1c(-c3ccccc3)cccc12.CC(C)(C)c1cccc2oc3cccc(-c4ccccc4)c3c12.CC(C)(C)c1ccccc1-n1c2ccccc2c2ccccc21.CC(C)(C)c1ccco1.CC(C)[Si](C(C)C)(C(C)C)C(C)(C)C.CC[Si](CC)(CC)C(C)(C)C.[2H]c1nc(C(C)(C)C)c(C)c([2H])c1[2H]. The van der Waals surface area contributed by atoms with Crippen molar-refractivity contribution in [3.05, 3.63) is 277 Å². The van der Waals surface area contributed by atoms with Crippen molar-refractivity contribution in [2.45, 2.75) is 287 Å². The van der Waals surface area contributed by atoms with Gasteiger partial charge in [0, 0.05) is 71.8 Å². The molecule has 0 radical (unpaired) electrons. The summed E-state index contributed by atoms with van der Waals surface area (Å²) in [5, 5.41) is 8.60. The van der Waals surface area contributed by atoms with Crippen LogP contribution in [0.15, 0.2) is 256 Å². The predicted molar refractivity (Wildman–Crippen MR) is 508 cm³/mol. The lowest BCUT2D eigenvalue weighted by Gasteiger charge is -2.52. The van der Waals surface area contributed by atoms with Gasteiger partial charge in [0.15, 0.2) is 0 Å². The first-order valence-electron chi connectivity index (χ1n) is 43.6. The lowest BCUT2D eigenvalue weighted by molar-refractivity contribution is 0.409. The Balaban J connectivity index is 0.000000175. The van der Waals surface area contributed by atoms with Gasteiger partial charge in [-0.2, -0.15) is 0 Å². The fourth-order valence-electron chi connectivity index (χ4n) is 18.8. The van der Waals surface area contributed by atoms with Crippen LogP contribution in [0.25, 0.3) is 93.6 Å². The highest BCUT2D eigenvalue weighted by molar-refractivity contribution is 6.86. The largest absolute Gasteiger partial charge is 0.469 e. The topological polar surface area (TPSA) is 57.2 Å². The van der Waals surface area contributed by atoms with Gasteiger partial charge in [-0.3, -0.25) is 4.98 Å². The molecule has 606 valence electrons. The molecule has 14 rings (SSSR count). The van der Waals surface area contributed by atoms with Crippen molar-refractivity contribution in [3.8, 4) is 27.9 Å². The van der Waals surface area contributed by atoms with Crippen molar-refractivity contribution in [2.24, 2.45) is 0 Å². The minimum absolute atomic E-state index is 0.0558. The molecule has 0 unspecified atom stereocenters.